The van der Waals surface area contributed by atoms with Crippen LogP contribution in [0.4, 0.5) is 11.4 Å². The van der Waals surface area contributed by atoms with E-state index in [1.165, 1.54) is 11.8 Å². The Bertz CT molecular complexity index is 835. The number of hydrogen-bond donors (Lipinski definition) is 2. The van der Waals surface area contributed by atoms with Gasteiger partial charge in [-0.3, -0.25) is 9.59 Å². The highest BCUT2D eigenvalue weighted by Crippen LogP contribution is 2.27. The number of carbonyl (C=O) groups excluding carboxylic acids is 2. The van der Waals surface area contributed by atoms with E-state index in [0.717, 1.165) is 30.8 Å². The van der Waals surface area contributed by atoms with Crippen LogP contribution in [0.3, 0.4) is 0 Å². The minimum Gasteiger partial charge on any atom is -0.495 e. The molecule has 2 aromatic carbocycles. The third-order valence-electron chi connectivity index (χ3n) is 4.43. The van der Waals surface area contributed by atoms with E-state index < -0.39 is 0 Å². The summed E-state index contributed by atoms with van der Waals surface area (Å²) in [6.07, 6.45) is 2.14. The molecule has 0 radical (unpaired) electrons. The van der Waals surface area contributed by atoms with E-state index in [4.69, 9.17) is 10.5 Å². The Morgan fingerprint density at radius 2 is 1.93 bits per heavy atom. The standard InChI is InChI=1S/C20H23N3O3S/c1-26-17-9-8-14(12-16(17)21)22-20(25)15-6-2-3-7-18(15)27-13-19(24)23-10-4-5-11-23/h2-3,6-9,12H,4-5,10-11,13,21H2,1H3,(H,22,25). The fourth-order valence-corrected chi connectivity index (χ4v) is 3.94. The molecule has 0 atom stereocenters. The summed E-state index contributed by atoms with van der Waals surface area (Å²) in [5.41, 5.74) is 7.47. The molecule has 0 aliphatic carbocycles. The molecular weight excluding hydrogens is 362 g/mol. The van der Waals surface area contributed by atoms with Crippen molar-refractivity contribution in [1.82, 2.24) is 4.90 Å². The van der Waals surface area contributed by atoms with Crippen molar-refractivity contribution in [3.8, 4) is 5.75 Å². The zero-order chi connectivity index (χ0) is 19.2. The predicted octanol–water partition coefficient (Wildman–Crippen LogP) is 3.24. The topological polar surface area (TPSA) is 84.7 Å². The number of anilines is 2. The summed E-state index contributed by atoms with van der Waals surface area (Å²) in [7, 11) is 1.54. The van der Waals surface area contributed by atoms with Gasteiger partial charge in [-0.25, -0.2) is 0 Å². The van der Waals surface area contributed by atoms with Gasteiger partial charge in [0.1, 0.15) is 5.75 Å². The number of nitrogen functional groups attached to an aromatic ring is 1. The van der Waals surface area contributed by atoms with Crippen molar-refractivity contribution in [3.05, 3.63) is 48.0 Å². The van der Waals surface area contributed by atoms with Crippen molar-refractivity contribution in [1.29, 1.82) is 0 Å². The van der Waals surface area contributed by atoms with Gasteiger partial charge in [-0.15, -0.1) is 11.8 Å². The van der Waals surface area contributed by atoms with Crippen LogP contribution in [0.1, 0.15) is 23.2 Å². The quantitative estimate of drug-likeness (QED) is 0.589. The third kappa shape index (κ3) is 4.74. The summed E-state index contributed by atoms with van der Waals surface area (Å²) in [6.45, 7) is 1.67. The highest BCUT2D eigenvalue weighted by atomic mass is 32.2. The first-order valence-electron chi connectivity index (χ1n) is 8.83. The van der Waals surface area contributed by atoms with Crippen LogP contribution < -0.4 is 15.8 Å². The maximum atomic E-state index is 12.7. The molecule has 142 valence electrons. The number of carbonyl (C=O) groups is 2. The van der Waals surface area contributed by atoms with Crippen LogP contribution in [0, 0.1) is 0 Å². The van der Waals surface area contributed by atoms with Gasteiger partial charge in [-0.1, -0.05) is 12.1 Å². The Labute approximate surface area is 163 Å². The molecule has 2 aromatic rings. The molecule has 27 heavy (non-hydrogen) atoms. The number of ether oxygens (including phenoxy) is 1. The number of nitrogens with two attached hydrogens (primary N) is 1. The summed E-state index contributed by atoms with van der Waals surface area (Å²) < 4.78 is 5.13. The zero-order valence-electron chi connectivity index (χ0n) is 15.2. The molecule has 1 saturated heterocycles. The summed E-state index contributed by atoms with van der Waals surface area (Å²) in [5.74, 6) is 0.774. The minimum atomic E-state index is -0.240. The van der Waals surface area contributed by atoms with Crippen molar-refractivity contribution in [2.75, 3.05) is 37.0 Å². The molecule has 1 aliphatic heterocycles. The summed E-state index contributed by atoms with van der Waals surface area (Å²) in [5, 5.41) is 2.85. The van der Waals surface area contributed by atoms with E-state index in [2.05, 4.69) is 5.32 Å². The molecule has 1 heterocycles. The van der Waals surface area contributed by atoms with E-state index in [0.29, 0.717) is 28.4 Å². The normalized spacial score (nSPS) is 13.4. The Morgan fingerprint density at radius 3 is 2.63 bits per heavy atom. The number of hydrogen-bond acceptors (Lipinski definition) is 5. The summed E-state index contributed by atoms with van der Waals surface area (Å²) >= 11 is 1.39. The molecule has 7 heteroatoms. The average molecular weight is 385 g/mol. The fourth-order valence-electron chi connectivity index (χ4n) is 2.99. The summed E-state index contributed by atoms with van der Waals surface area (Å²) in [4.78, 5) is 27.6. The highest BCUT2D eigenvalue weighted by molar-refractivity contribution is 8.00. The largest absolute Gasteiger partial charge is 0.495 e. The van der Waals surface area contributed by atoms with Crippen molar-refractivity contribution >= 4 is 35.0 Å². The number of thioether (sulfide) groups is 1. The van der Waals surface area contributed by atoms with Crippen molar-refractivity contribution in [2.45, 2.75) is 17.7 Å². The van der Waals surface area contributed by atoms with Crippen molar-refractivity contribution < 1.29 is 14.3 Å². The zero-order valence-corrected chi connectivity index (χ0v) is 16.1. The van der Waals surface area contributed by atoms with Crippen LogP contribution in [0.25, 0.3) is 0 Å². The Hall–Kier alpha value is -2.67. The number of nitrogens with one attached hydrogen (secondary N) is 1. The predicted molar refractivity (Wildman–Crippen MR) is 108 cm³/mol. The number of rotatable bonds is 6. The monoisotopic (exact) mass is 385 g/mol. The van der Waals surface area contributed by atoms with E-state index in [1.54, 1.807) is 31.4 Å². The number of likely N-dealkylation sites (tertiary alicyclic amines) is 1. The van der Waals surface area contributed by atoms with Crippen molar-refractivity contribution in [3.63, 3.8) is 0 Å². The van der Waals surface area contributed by atoms with E-state index in [9.17, 15) is 9.59 Å². The van der Waals surface area contributed by atoms with Crippen molar-refractivity contribution in [2.24, 2.45) is 0 Å². The van der Waals surface area contributed by atoms with Gasteiger partial charge in [0, 0.05) is 23.7 Å². The lowest BCUT2D eigenvalue weighted by atomic mass is 10.2. The molecule has 0 unspecified atom stereocenters. The van der Waals surface area contributed by atoms with Gasteiger partial charge in [-0.05, 0) is 43.2 Å². The van der Waals surface area contributed by atoms with Crippen LogP contribution >= 0.6 is 11.8 Å². The molecule has 3 N–H and O–H groups in total. The second-order valence-corrected chi connectivity index (χ2v) is 7.30. The first kappa shape index (κ1) is 19.1. The Kier molecular flexibility index (Phi) is 6.24. The van der Waals surface area contributed by atoms with Gasteiger partial charge in [0.15, 0.2) is 0 Å². The number of nitrogens with zero attached hydrogens (tertiary/aromatic N) is 1. The van der Waals surface area contributed by atoms with Gasteiger partial charge < -0.3 is 20.7 Å². The molecule has 1 fully saturated rings. The molecule has 0 bridgehead atoms. The van der Waals surface area contributed by atoms with Crippen LogP contribution in [-0.4, -0.2) is 42.7 Å². The average Bonchev–Trinajstić information content (AvgIpc) is 3.21. The van der Waals surface area contributed by atoms with Gasteiger partial charge in [0.25, 0.3) is 5.91 Å². The molecule has 6 nitrogen and oxygen atoms in total. The lowest BCUT2D eigenvalue weighted by Crippen LogP contribution is -2.29. The van der Waals surface area contributed by atoms with Crippen LogP contribution in [0.5, 0.6) is 5.75 Å². The molecule has 0 aromatic heterocycles. The Balaban J connectivity index is 1.68. The lowest BCUT2D eigenvalue weighted by molar-refractivity contribution is -0.127. The third-order valence-corrected chi connectivity index (χ3v) is 5.49. The Morgan fingerprint density at radius 1 is 1.19 bits per heavy atom. The fraction of sp³-hybridized carbons (Fsp3) is 0.300. The molecule has 0 saturated carbocycles. The molecular formula is C20H23N3O3S. The maximum Gasteiger partial charge on any atom is 0.256 e. The first-order chi connectivity index (χ1) is 13.1. The van der Waals surface area contributed by atoms with Crippen LogP contribution in [0.15, 0.2) is 47.4 Å². The number of benzene rings is 2. The molecule has 0 spiro atoms. The van der Waals surface area contributed by atoms with E-state index in [1.807, 2.05) is 23.1 Å². The first-order valence-corrected chi connectivity index (χ1v) is 9.81. The van der Waals surface area contributed by atoms with Gasteiger partial charge in [-0.2, -0.15) is 0 Å². The van der Waals surface area contributed by atoms with E-state index in [-0.39, 0.29) is 11.8 Å². The smallest absolute Gasteiger partial charge is 0.256 e. The van der Waals surface area contributed by atoms with Gasteiger partial charge in [0.05, 0.1) is 24.1 Å². The second-order valence-electron chi connectivity index (χ2n) is 6.28. The van der Waals surface area contributed by atoms with Gasteiger partial charge >= 0.3 is 0 Å². The second kappa shape index (κ2) is 8.81. The van der Waals surface area contributed by atoms with Crippen LogP contribution in [0.2, 0.25) is 0 Å². The molecule has 3 rings (SSSR count). The molecule has 1 aliphatic rings. The summed E-state index contributed by atoms with van der Waals surface area (Å²) in [6, 6.07) is 12.4. The van der Waals surface area contributed by atoms with Gasteiger partial charge in [0.2, 0.25) is 5.91 Å². The minimum absolute atomic E-state index is 0.121. The van der Waals surface area contributed by atoms with Crippen LogP contribution in [-0.2, 0) is 4.79 Å². The number of methoxy groups -OCH3 is 1. The maximum absolute atomic E-state index is 12.7. The highest BCUT2D eigenvalue weighted by Gasteiger charge is 2.19. The number of amides is 2. The van der Waals surface area contributed by atoms with E-state index >= 15 is 0 Å². The molecule has 2 amide bonds. The SMILES string of the molecule is COc1ccc(NC(=O)c2ccccc2SCC(=O)N2CCCC2)cc1N. The lowest BCUT2D eigenvalue weighted by Gasteiger charge is -2.15.